The van der Waals surface area contributed by atoms with Crippen molar-refractivity contribution in [3.05, 3.63) is 264 Å². The Morgan fingerprint density at radius 2 is 0.606 bits per heavy atom. The van der Waals surface area contributed by atoms with Gasteiger partial charge in [0.05, 0.1) is 11.9 Å². The fraction of sp³-hybridized carbons (Fsp3) is 0.100. The van der Waals surface area contributed by atoms with Crippen LogP contribution >= 0.6 is 0 Å². The van der Waals surface area contributed by atoms with Gasteiger partial charge in [-0.15, -0.1) is 0 Å². The quantitative estimate of drug-likeness (QED) is 0.106. The van der Waals surface area contributed by atoms with Crippen LogP contribution in [0.1, 0.15) is 74.2 Å². The van der Waals surface area contributed by atoms with Gasteiger partial charge < -0.3 is 57.5 Å². The number of rotatable bonds is 8. The number of aliphatic hydroxyl groups is 3. The van der Waals surface area contributed by atoms with E-state index in [9.17, 15) is 30.0 Å². The van der Waals surface area contributed by atoms with Crippen LogP contribution in [-0.2, 0) is 0 Å². The van der Waals surface area contributed by atoms with Crippen molar-refractivity contribution in [2.45, 2.75) is 31.2 Å². The Morgan fingerprint density at radius 3 is 0.873 bits per heavy atom. The van der Waals surface area contributed by atoms with Crippen LogP contribution in [0.2, 0.25) is 0 Å². The van der Waals surface area contributed by atoms with Crippen molar-refractivity contribution in [1.29, 1.82) is 0 Å². The Bertz CT molecular complexity index is 2890. The van der Waals surface area contributed by atoms with Crippen molar-refractivity contribution < 1.29 is 57.5 Å². The van der Waals surface area contributed by atoms with E-state index >= 15 is 0 Å². The van der Waals surface area contributed by atoms with E-state index in [1.54, 1.807) is 31.2 Å². The first kappa shape index (κ1) is 55.5. The van der Waals surface area contributed by atoms with Crippen molar-refractivity contribution in [1.82, 2.24) is 0 Å². The van der Waals surface area contributed by atoms with Gasteiger partial charge in [-0.3, -0.25) is 0 Å². The van der Waals surface area contributed by atoms with Gasteiger partial charge in [0.15, 0.2) is 0 Å². The Labute approximate surface area is 412 Å². The summed E-state index contributed by atoms with van der Waals surface area (Å²) in [4.78, 5) is 21.6. The third-order valence-electron chi connectivity index (χ3n) is 11.4. The van der Waals surface area contributed by atoms with E-state index in [0.29, 0.717) is 0 Å². The molecule has 0 aliphatic heterocycles. The summed E-state index contributed by atoms with van der Waals surface area (Å²) in [5.74, 6) is -2.28. The molecule has 0 saturated carbocycles. The zero-order chi connectivity index (χ0) is 49.1. The molecule has 0 unspecified atom stereocenters. The van der Waals surface area contributed by atoms with Crippen LogP contribution in [0.25, 0.3) is 43.1 Å². The van der Waals surface area contributed by atoms with E-state index in [1.165, 1.54) is 0 Å². The number of fused-ring (bicyclic) bond motifs is 4. The standard InChI is InChI=1S/2C15H10O2.2C14H15NO.C2H6O.2H2O/c2*16-15(17)13-6-5-12-7-10-3-1-2-4-11(10)8-14(12)9-13;2*15-13(11-7-3-1-4-8-11)14(16)12-9-5-2-6-10-12;1-2-3;;/h2*1-9H,(H,16,17);2*1-10,13-14,16H,15H2;3H,2H2,1H3;2*1H2/t;;2*13-,14+;;;/m..00.../s1. The fourth-order valence-electron chi connectivity index (χ4n) is 7.66. The normalized spacial score (nSPS) is 11.9. The number of carboxylic acid groups (broad SMARTS) is 2. The molecule has 11 nitrogen and oxygen atoms in total. The molecule has 0 fully saturated rings. The number of hydrogen-bond donors (Lipinski definition) is 5. The lowest BCUT2D eigenvalue weighted by molar-refractivity contribution is -0.446. The maximum Gasteiger partial charge on any atom is 0.140 e. The van der Waals surface area contributed by atoms with Crippen molar-refractivity contribution >= 4 is 55.0 Å². The number of hydrogen-bond acceptors (Lipinski definition) is 7. The average molecular weight is 953 g/mol. The molecule has 0 aromatic heterocycles. The van der Waals surface area contributed by atoms with Gasteiger partial charge in [-0.1, -0.05) is 194 Å². The van der Waals surface area contributed by atoms with Crippen LogP contribution in [0.3, 0.4) is 0 Å². The first-order valence-electron chi connectivity index (χ1n) is 22.6. The molecule has 11 heteroatoms. The molecule has 0 bridgehead atoms. The summed E-state index contributed by atoms with van der Waals surface area (Å²) in [6.45, 7) is 1.93. The minimum atomic E-state index is -1.14. The van der Waals surface area contributed by atoms with Crippen LogP contribution in [-0.4, -0.2) is 44.8 Å². The topological polar surface area (TPSA) is 259 Å². The van der Waals surface area contributed by atoms with Gasteiger partial charge in [-0.2, -0.15) is 0 Å². The van der Waals surface area contributed by atoms with E-state index in [1.807, 2.05) is 194 Å². The zero-order valence-corrected chi connectivity index (χ0v) is 39.3. The molecule has 10 aromatic rings. The third kappa shape index (κ3) is 15.4. The number of aliphatic hydroxyl groups excluding tert-OH is 3. The van der Waals surface area contributed by atoms with Crippen molar-refractivity contribution in [3.63, 3.8) is 0 Å². The Balaban J connectivity index is 0.000000200. The first-order chi connectivity index (χ1) is 33.5. The molecule has 0 spiro atoms. The zero-order valence-electron chi connectivity index (χ0n) is 39.3. The van der Waals surface area contributed by atoms with E-state index in [-0.39, 0.29) is 40.8 Å². The highest BCUT2D eigenvalue weighted by atomic mass is 16.4. The molecule has 13 N–H and O–H groups in total. The lowest BCUT2D eigenvalue weighted by Gasteiger charge is -2.16. The number of carbonyl (C=O) groups is 2. The van der Waals surface area contributed by atoms with Gasteiger partial charge in [0.2, 0.25) is 0 Å². The molecule has 71 heavy (non-hydrogen) atoms. The highest BCUT2D eigenvalue weighted by molar-refractivity contribution is 6.02. The average Bonchev–Trinajstić information content (AvgIpc) is 3.40. The molecule has 0 heterocycles. The monoisotopic (exact) mass is 952 g/mol. The maximum atomic E-state index is 10.8. The van der Waals surface area contributed by atoms with Crippen LogP contribution in [0.15, 0.2) is 231 Å². The highest BCUT2D eigenvalue weighted by Gasteiger charge is 2.22. The summed E-state index contributed by atoms with van der Waals surface area (Å²) >= 11 is 0. The number of carbonyl (C=O) groups excluding carboxylic acids is 2. The second-order valence-corrected chi connectivity index (χ2v) is 16.2. The van der Waals surface area contributed by atoms with E-state index in [0.717, 1.165) is 65.3 Å². The van der Waals surface area contributed by atoms with Crippen molar-refractivity contribution in [2.75, 3.05) is 6.61 Å². The molecule has 10 rings (SSSR count). The lowest BCUT2D eigenvalue weighted by atomic mass is 9.97. The van der Waals surface area contributed by atoms with E-state index in [4.69, 9.17) is 5.11 Å². The summed E-state index contributed by atoms with van der Waals surface area (Å²) in [7, 11) is 0. The molecular weight excluding hydrogens is 893 g/mol. The van der Waals surface area contributed by atoms with Gasteiger partial charge in [-0.25, -0.2) is 0 Å². The van der Waals surface area contributed by atoms with Gasteiger partial charge >= 0.3 is 0 Å². The molecule has 364 valence electrons. The third-order valence-corrected chi connectivity index (χ3v) is 11.4. The molecule has 0 saturated heterocycles. The summed E-state index contributed by atoms with van der Waals surface area (Å²) < 4.78 is 0. The second kappa shape index (κ2) is 27.8. The van der Waals surface area contributed by atoms with Gasteiger partial charge in [-0.05, 0) is 109 Å². The summed E-state index contributed by atoms with van der Waals surface area (Å²) in [5, 5.41) is 58.0. The summed E-state index contributed by atoms with van der Waals surface area (Å²) in [6, 6.07) is 73.0. The van der Waals surface area contributed by atoms with Crippen LogP contribution in [0.5, 0.6) is 0 Å². The van der Waals surface area contributed by atoms with Crippen LogP contribution < -0.4 is 21.7 Å². The smallest absolute Gasteiger partial charge is 0.140 e. The van der Waals surface area contributed by atoms with E-state index < -0.39 is 24.1 Å². The first-order valence-corrected chi connectivity index (χ1v) is 22.6. The van der Waals surface area contributed by atoms with E-state index in [2.05, 4.69) is 23.6 Å². The predicted molar refractivity (Wildman–Crippen MR) is 279 cm³/mol. The minimum Gasteiger partial charge on any atom is -0.545 e. The van der Waals surface area contributed by atoms with Crippen molar-refractivity contribution in [3.8, 4) is 0 Å². The second-order valence-electron chi connectivity index (χ2n) is 16.2. The summed E-state index contributed by atoms with van der Waals surface area (Å²) in [5.41, 5.74) is 12.4. The Hall–Kier alpha value is -8.10. The fourth-order valence-corrected chi connectivity index (χ4v) is 7.66. The Morgan fingerprint density at radius 1 is 0.380 bits per heavy atom. The number of benzene rings is 10. The largest absolute Gasteiger partial charge is 0.545 e. The molecule has 0 aliphatic carbocycles. The minimum absolute atomic E-state index is 0. The van der Waals surface area contributed by atoms with Crippen LogP contribution in [0, 0.1) is 0 Å². The number of quaternary nitrogens is 2. The molecule has 0 aliphatic rings. The van der Waals surface area contributed by atoms with Crippen LogP contribution in [0.4, 0.5) is 0 Å². The molecule has 0 amide bonds. The van der Waals surface area contributed by atoms with Gasteiger partial charge in [0.1, 0.15) is 24.3 Å². The maximum absolute atomic E-state index is 10.8. The lowest BCUT2D eigenvalue weighted by Crippen LogP contribution is -2.56. The summed E-state index contributed by atoms with van der Waals surface area (Å²) in [6.07, 6.45) is -1.10. The van der Waals surface area contributed by atoms with Gasteiger partial charge in [0.25, 0.3) is 0 Å². The van der Waals surface area contributed by atoms with Gasteiger partial charge in [0, 0.05) is 17.7 Å². The molecule has 10 aromatic carbocycles. The number of aromatic carboxylic acids is 2. The van der Waals surface area contributed by atoms with Crippen molar-refractivity contribution in [2.24, 2.45) is 0 Å². The molecule has 4 atom stereocenters. The number of carboxylic acids is 2. The highest BCUT2D eigenvalue weighted by Crippen LogP contribution is 2.27. The predicted octanol–water partition coefficient (Wildman–Crippen LogP) is 6.47. The Kier molecular flexibility index (Phi) is 21.7. The molecule has 0 radical (unpaired) electrons. The SMILES string of the molecule is CCO.O.O.O=C([O-])c1ccc2cc3ccccc3cc2c1.O=C([O-])c1ccc2cc3ccccc3cc2c1.[NH3+][C@@H](c1ccccc1)[C@H](O)c1ccccc1.[NH3+][C@@H](c1ccccc1)[C@H](O)c1ccccc1. The molecular formula is C60H60N2O9.